The Morgan fingerprint density at radius 1 is 1.04 bits per heavy atom. The smallest absolute Gasteiger partial charge is 0.345 e. The Morgan fingerprint density at radius 2 is 1.62 bits per heavy atom. The lowest BCUT2D eigenvalue weighted by Crippen LogP contribution is -2.21. The Bertz CT molecular complexity index is 730. The number of carbonyl (C=O) groups is 2. The van der Waals surface area contributed by atoms with Gasteiger partial charge >= 0.3 is 5.97 Å². The average Bonchev–Trinajstić information content (AvgIpc) is 3.09. The molecule has 0 aliphatic carbocycles. The van der Waals surface area contributed by atoms with E-state index in [1.807, 2.05) is 0 Å². The first-order chi connectivity index (χ1) is 11.5. The second kappa shape index (κ2) is 7.69. The van der Waals surface area contributed by atoms with Crippen LogP contribution in [0.1, 0.15) is 24.9 Å². The Kier molecular flexibility index (Phi) is 5.64. The summed E-state index contributed by atoms with van der Waals surface area (Å²) in [6.45, 7) is 0.232. The highest BCUT2D eigenvalue weighted by molar-refractivity contribution is 7.15. The zero-order valence-electron chi connectivity index (χ0n) is 13.4. The molecule has 2 aromatic rings. The molecular weight excluding hydrogens is 334 g/mol. The highest BCUT2D eigenvalue weighted by Gasteiger charge is 2.15. The van der Waals surface area contributed by atoms with Crippen molar-refractivity contribution < 1.29 is 28.9 Å². The van der Waals surface area contributed by atoms with Crippen LogP contribution in [0.25, 0.3) is 0 Å². The number of aromatic carboxylic acids is 1. The van der Waals surface area contributed by atoms with Gasteiger partial charge in [-0.2, -0.15) is 0 Å². The van der Waals surface area contributed by atoms with Gasteiger partial charge in [0.05, 0.1) is 26.2 Å². The van der Waals surface area contributed by atoms with Crippen molar-refractivity contribution in [2.45, 2.75) is 6.54 Å². The molecule has 0 bridgehead atoms. The van der Waals surface area contributed by atoms with E-state index in [1.54, 1.807) is 12.1 Å². The summed E-state index contributed by atoms with van der Waals surface area (Å²) in [4.78, 5) is 23.4. The van der Waals surface area contributed by atoms with Gasteiger partial charge in [-0.25, -0.2) is 4.79 Å². The largest absolute Gasteiger partial charge is 0.493 e. The molecule has 0 atom stereocenters. The maximum atomic E-state index is 12.1. The molecule has 2 rings (SSSR count). The summed E-state index contributed by atoms with van der Waals surface area (Å²) >= 11 is 0.925. The first-order valence-electron chi connectivity index (χ1n) is 6.90. The van der Waals surface area contributed by atoms with Crippen molar-refractivity contribution in [3.63, 3.8) is 0 Å². The van der Waals surface area contributed by atoms with Gasteiger partial charge in [-0.1, -0.05) is 0 Å². The number of rotatable bonds is 7. The molecule has 0 fully saturated rings. The van der Waals surface area contributed by atoms with E-state index in [4.69, 9.17) is 19.3 Å². The van der Waals surface area contributed by atoms with Crippen LogP contribution in [-0.4, -0.2) is 38.3 Å². The molecule has 0 saturated carbocycles. The van der Waals surface area contributed by atoms with E-state index in [2.05, 4.69) is 5.32 Å². The minimum atomic E-state index is -1.05. The van der Waals surface area contributed by atoms with Crippen LogP contribution in [-0.2, 0) is 6.54 Å². The molecule has 0 aliphatic rings. The van der Waals surface area contributed by atoms with Crippen LogP contribution in [0.15, 0.2) is 24.3 Å². The summed E-state index contributed by atoms with van der Waals surface area (Å²) in [6.07, 6.45) is 0. The van der Waals surface area contributed by atoms with Crippen LogP contribution in [0.2, 0.25) is 0 Å². The zero-order chi connectivity index (χ0) is 17.7. The molecule has 128 valence electrons. The van der Waals surface area contributed by atoms with Crippen molar-refractivity contribution in [1.29, 1.82) is 0 Å². The molecule has 2 N–H and O–H groups in total. The summed E-state index contributed by atoms with van der Waals surface area (Å²) in [5, 5.41) is 11.6. The lowest BCUT2D eigenvalue weighted by Gasteiger charge is -2.14. The molecular formula is C16H17NO6S. The number of carboxylic acid groups (broad SMARTS) is 1. The number of thiophene rings is 1. The van der Waals surface area contributed by atoms with E-state index in [0.717, 1.165) is 16.9 Å². The van der Waals surface area contributed by atoms with Gasteiger partial charge in [-0.3, -0.25) is 4.79 Å². The van der Waals surface area contributed by atoms with E-state index in [1.165, 1.54) is 33.5 Å². The van der Waals surface area contributed by atoms with Crippen molar-refractivity contribution in [2.75, 3.05) is 21.3 Å². The van der Waals surface area contributed by atoms with Crippen LogP contribution in [0, 0.1) is 0 Å². The third kappa shape index (κ3) is 3.77. The van der Waals surface area contributed by atoms with Crippen molar-refractivity contribution in [1.82, 2.24) is 5.32 Å². The Morgan fingerprint density at radius 3 is 2.08 bits per heavy atom. The van der Waals surface area contributed by atoms with Gasteiger partial charge in [0, 0.05) is 6.54 Å². The topological polar surface area (TPSA) is 94.1 Å². The van der Waals surface area contributed by atoms with E-state index < -0.39 is 5.97 Å². The maximum absolute atomic E-state index is 12.1. The molecule has 0 saturated heterocycles. The first-order valence-corrected chi connectivity index (χ1v) is 7.72. The molecule has 0 aliphatic heterocycles. The molecule has 1 heterocycles. The highest BCUT2D eigenvalue weighted by Crippen LogP contribution is 2.38. The number of benzene rings is 1. The van der Waals surface area contributed by atoms with Crippen molar-refractivity contribution >= 4 is 23.2 Å². The Balaban J connectivity index is 2.13. The summed E-state index contributed by atoms with van der Waals surface area (Å²) < 4.78 is 15.8. The molecule has 0 radical (unpaired) electrons. The predicted molar refractivity (Wildman–Crippen MR) is 88.5 cm³/mol. The van der Waals surface area contributed by atoms with Gasteiger partial charge in [0.1, 0.15) is 4.88 Å². The number of hydrogen-bond acceptors (Lipinski definition) is 6. The van der Waals surface area contributed by atoms with E-state index in [-0.39, 0.29) is 17.3 Å². The highest BCUT2D eigenvalue weighted by atomic mass is 32.1. The lowest BCUT2D eigenvalue weighted by atomic mass is 10.1. The lowest BCUT2D eigenvalue weighted by molar-refractivity contribution is 0.0702. The van der Waals surface area contributed by atoms with E-state index in [9.17, 15) is 9.59 Å². The second-order valence-electron chi connectivity index (χ2n) is 4.69. The molecule has 0 unspecified atom stereocenters. The van der Waals surface area contributed by atoms with Gasteiger partial charge in [-0.05, 0) is 29.8 Å². The van der Waals surface area contributed by atoms with Gasteiger partial charge in [0.2, 0.25) is 5.75 Å². The Hall–Kier alpha value is -2.74. The molecule has 7 nitrogen and oxygen atoms in total. The number of hydrogen-bond donors (Lipinski definition) is 2. The van der Waals surface area contributed by atoms with E-state index >= 15 is 0 Å². The minimum absolute atomic E-state index is 0.118. The number of carboxylic acids is 1. The fourth-order valence-corrected chi connectivity index (χ4v) is 2.84. The summed E-state index contributed by atoms with van der Waals surface area (Å²) in [5.41, 5.74) is 0.757. The van der Waals surface area contributed by atoms with Crippen LogP contribution in [0.5, 0.6) is 17.2 Å². The summed E-state index contributed by atoms with van der Waals surface area (Å²) in [6, 6.07) is 6.36. The fourth-order valence-electron chi connectivity index (χ4n) is 2.08. The number of nitrogens with one attached hydrogen (secondary N) is 1. The number of ether oxygens (including phenoxy) is 3. The van der Waals surface area contributed by atoms with Crippen molar-refractivity contribution in [3.8, 4) is 17.2 Å². The molecule has 1 aromatic heterocycles. The summed E-state index contributed by atoms with van der Waals surface area (Å²) in [5.74, 6) is 0.0557. The molecule has 1 aromatic carbocycles. The molecule has 24 heavy (non-hydrogen) atoms. The average molecular weight is 351 g/mol. The fraction of sp³-hybridized carbons (Fsp3) is 0.250. The van der Waals surface area contributed by atoms with Gasteiger partial charge in [-0.15, -0.1) is 11.3 Å². The van der Waals surface area contributed by atoms with Crippen LogP contribution < -0.4 is 19.5 Å². The third-order valence-corrected chi connectivity index (χ3v) is 4.29. The number of methoxy groups -OCH3 is 3. The predicted octanol–water partition coefficient (Wildman–Crippen LogP) is 2.40. The summed E-state index contributed by atoms with van der Waals surface area (Å²) in [7, 11) is 4.54. The third-order valence-electron chi connectivity index (χ3n) is 3.22. The molecule has 0 spiro atoms. The van der Waals surface area contributed by atoms with Gasteiger partial charge < -0.3 is 24.6 Å². The monoisotopic (exact) mass is 351 g/mol. The number of carbonyl (C=O) groups excluding carboxylic acids is 1. The Labute approximate surface area is 142 Å². The SMILES string of the molecule is COc1cc(CNC(=O)c2ccc(C(=O)O)s2)cc(OC)c1OC. The number of amides is 1. The second-order valence-corrected chi connectivity index (χ2v) is 5.77. The van der Waals surface area contributed by atoms with Gasteiger partial charge in [0.25, 0.3) is 5.91 Å². The van der Waals surface area contributed by atoms with Crippen LogP contribution >= 0.6 is 11.3 Å². The standard InChI is InChI=1S/C16H17NO6S/c1-21-10-6-9(7-11(22-2)14(10)23-3)8-17-15(18)12-4-5-13(24-12)16(19)20/h4-7H,8H2,1-3H3,(H,17,18)(H,19,20). The van der Waals surface area contributed by atoms with Crippen LogP contribution in [0.4, 0.5) is 0 Å². The quantitative estimate of drug-likeness (QED) is 0.795. The van der Waals surface area contributed by atoms with Crippen molar-refractivity contribution in [2.24, 2.45) is 0 Å². The minimum Gasteiger partial charge on any atom is -0.493 e. The van der Waals surface area contributed by atoms with Crippen molar-refractivity contribution in [3.05, 3.63) is 39.6 Å². The van der Waals surface area contributed by atoms with Gasteiger partial charge in [0.15, 0.2) is 11.5 Å². The molecule has 8 heteroatoms. The van der Waals surface area contributed by atoms with E-state index in [0.29, 0.717) is 22.1 Å². The van der Waals surface area contributed by atoms with Crippen LogP contribution in [0.3, 0.4) is 0 Å². The normalized spacial score (nSPS) is 10.1. The first kappa shape index (κ1) is 17.6. The maximum Gasteiger partial charge on any atom is 0.345 e. The molecule has 1 amide bonds. The zero-order valence-corrected chi connectivity index (χ0v) is 14.2.